The van der Waals surface area contributed by atoms with E-state index in [0.29, 0.717) is 6.61 Å². The summed E-state index contributed by atoms with van der Waals surface area (Å²) < 4.78 is 4.91. The average Bonchev–Trinajstić information content (AvgIpc) is 2.18. The Morgan fingerprint density at radius 1 is 1.38 bits per heavy atom. The molecule has 0 spiro atoms. The van der Waals surface area contributed by atoms with Crippen molar-refractivity contribution in [1.29, 1.82) is 0 Å². The van der Waals surface area contributed by atoms with Crippen LogP contribution in [0.3, 0.4) is 0 Å². The van der Waals surface area contributed by atoms with Crippen molar-refractivity contribution in [3.8, 4) is 0 Å². The Morgan fingerprint density at radius 3 is 2.46 bits per heavy atom. The molecule has 1 amide bonds. The maximum absolute atomic E-state index is 11.3. The average molecular weight is 251 g/mol. The lowest BCUT2D eigenvalue weighted by Crippen LogP contribution is -2.48. The van der Waals surface area contributed by atoms with Gasteiger partial charge in [0.15, 0.2) is 0 Å². The third-order valence-corrected chi connectivity index (χ3v) is 2.78. The van der Waals surface area contributed by atoms with Crippen LogP contribution in [0.25, 0.3) is 0 Å². The molecule has 1 heterocycles. The van der Waals surface area contributed by atoms with Crippen LogP contribution in [0, 0.1) is 0 Å². The monoisotopic (exact) mass is 250 g/mol. The fraction of sp³-hybridized carbons (Fsp3) is 0.875. The molecule has 0 unspecified atom stereocenters. The molecule has 0 bridgehead atoms. The van der Waals surface area contributed by atoms with Crippen molar-refractivity contribution in [1.82, 2.24) is 9.80 Å². The first-order chi connectivity index (χ1) is 6.27. The van der Waals surface area contributed by atoms with Gasteiger partial charge < -0.3 is 9.64 Å². The minimum atomic E-state index is -0.184. The molecule has 4 nitrogen and oxygen atoms in total. The SMILES string of the molecule is CCOC(=O)N1CCN(CBr)CC1. The van der Waals surface area contributed by atoms with Crippen LogP contribution < -0.4 is 0 Å². The molecule has 0 aliphatic carbocycles. The Kier molecular flexibility index (Phi) is 4.52. The van der Waals surface area contributed by atoms with Crippen molar-refractivity contribution >= 4 is 22.0 Å². The summed E-state index contributed by atoms with van der Waals surface area (Å²) in [6.45, 7) is 5.66. The minimum Gasteiger partial charge on any atom is -0.450 e. The second-order valence-corrected chi connectivity index (χ2v) is 3.43. The predicted octanol–water partition coefficient (Wildman–Crippen LogP) is 1.11. The van der Waals surface area contributed by atoms with Crippen LogP contribution in [0.15, 0.2) is 0 Å². The second kappa shape index (κ2) is 5.44. The van der Waals surface area contributed by atoms with Gasteiger partial charge in [-0.1, -0.05) is 15.9 Å². The summed E-state index contributed by atoms with van der Waals surface area (Å²) >= 11 is 3.39. The molecule has 5 heteroatoms. The van der Waals surface area contributed by atoms with E-state index in [1.165, 1.54) is 0 Å². The van der Waals surface area contributed by atoms with E-state index in [-0.39, 0.29) is 6.09 Å². The molecular weight excluding hydrogens is 236 g/mol. The molecule has 0 saturated carbocycles. The first-order valence-electron chi connectivity index (χ1n) is 4.48. The summed E-state index contributed by atoms with van der Waals surface area (Å²) in [5, 5.41) is 0. The maximum atomic E-state index is 11.3. The number of hydrogen-bond donors (Lipinski definition) is 0. The highest BCUT2D eigenvalue weighted by molar-refractivity contribution is 9.09. The van der Waals surface area contributed by atoms with E-state index in [2.05, 4.69) is 20.8 Å². The second-order valence-electron chi connectivity index (χ2n) is 2.92. The first kappa shape index (κ1) is 10.8. The van der Waals surface area contributed by atoms with E-state index in [9.17, 15) is 4.79 Å². The van der Waals surface area contributed by atoms with E-state index in [1.54, 1.807) is 4.90 Å². The number of alkyl halides is 1. The van der Waals surface area contributed by atoms with Gasteiger partial charge in [-0.3, -0.25) is 4.90 Å². The van der Waals surface area contributed by atoms with Gasteiger partial charge in [0.25, 0.3) is 0 Å². The van der Waals surface area contributed by atoms with Gasteiger partial charge in [-0.25, -0.2) is 4.79 Å². The summed E-state index contributed by atoms with van der Waals surface area (Å²) in [6, 6.07) is 0. The summed E-state index contributed by atoms with van der Waals surface area (Å²) in [4.78, 5) is 15.3. The lowest BCUT2D eigenvalue weighted by atomic mass is 10.3. The molecule has 0 atom stereocenters. The van der Waals surface area contributed by atoms with E-state index < -0.39 is 0 Å². The van der Waals surface area contributed by atoms with Crippen LogP contribution >= 0.6 is 15.9 Å². The number of hydrogen-bond acceptors (Lipinski definition) is 3. The molecule has 0 aromatic heterocycles. The molecule has 0 aromatic carbocycles. The Bertz CT molecular complexity index is 170. The van der Waals surface area contributed by atoms with E-state index in [0.717, 1.165) is 31.6 Å². The largest absolute Gasteiger partial charge is 0.450 e. The van der Waals surface area contributed by atoms with Crippen LogP contribution in [0.5, 0.6) is 0 Å². The van der Waals surface area contributed by atoms with Gasteiger partial charge >= 0.3 is 6.09 Å². The van der Waals surface area contributed by atoms with Crippen molar-refractivity contribution in [3.63, 3.8) is 0 Å². The zero-order valence-electron chi connectivity index (χ0n) is 7.83. The molecule has 0 aromatic rings. The smallest absolute Gasteiger partial charge is 0.409 e. The molecule has 1 fully saturated rings. The predicted molar refractivity (Wildman–Crippen MR) is 54.0 cm³/mol. The zero-order chi connectivity index (χ0) is 9.68. The highest BCUT2D eigenvalue weighted by atomic mass is 79.9. The fourth-order valence-corrected chi connectivity index (χ4v) is 1.77. The van der Waals surface area contributed by atoms with Gasteiger partial charge in [-0.2, -0.15) is 0 Å². The maximum Gasteiger partial charge on any atom is 0.409 e. The molecular formula is C8H15BrN2O2. The highest BCUT2D eigenvalue weighted by Gasteiger charge is 2.20. The van der Waals surface area contributed by atoms with Gasteiger partial charge in [0.1, 0.15) is 0 Å². The number of halogens is 1. The molecule has 0 radical (unpaired) electrons. The zero-order valence-corrected chi connectivity index (χ0v) is 9.42. The van der Waals surface area contributed by atoms with Crippen molar-refractivity contribution in [3.05, 3.63) is 0 Å². The quantitative estimate of drug-likeness (QED) is 0.544. The van der Waals surface area contributed by atoms with Crippen LogP contribution in [0.1, 0.15) is 6.92 Å². The highest BCUT2D eigenvalue weighted by Crippen LogP contribution is 2.04. The van der Waals surface area contributed by atoms with Crippen LogP contribution in [-0.2, 0) is 4.74 Å². The van der Waals surface area contributed by atoms with E-state index in [1.807, 2.05) is 6.92 Å². The molecule has 1 aliphatic heterocycles. The normalized spacial score (nSPS) is 18.8. The number of carbonyl (C=O) groups is 1. The van der Waals surface area contributed by atoms with Crippen LogP contribution in [-0.4, -0.2) is 54.1 Å². The summed E-state index contributed by atoms with van der Waals surface area (Å²) in [6.07, 6.45) is -0.184. The number of ether oxygens (including phenoxy) is 1. The van der Waals surface area contributed by atoms with Gasteiger partial charge in [0, 0.05) is 26.2 Å². The Hall–Kier alpha value is -0.290. The number of rotatable bonds is 2. The van der Waals surface area contributed by atoms with E-state index >= 15 is 0 Å². The first-order valence-corrected chi connectivity index (χ1v) is 5.60. The van der Waals surface area contributed by atoms with Gasteiger partial charge in [0.2, 0.25) is 0 Å². The lowest BCUT2D eigenvalue weighted by molar-refractivity contribution is 0.0846. The molecule has 13 heavy (non-hydrogen) atoms. The van der Waals surface area contributed by atoms with E-state index in [4.69, 9.17) is 4.74 Å². The van der Waals surface area contributed by atoms with Crippen molar-refractivity contribution < 1.29 is 9.53 Å². The summed E-state index contributed by atoms with van der Waals surface area (Å²) in [5.74, 6) is 0. The van der Waals surface area contributed by atoms with Crippen molar-refractivity contribution in [2.75, 3.05) is 38.2 Å². The van der Waals surface area contributed by atoms with Crippen molar-refractivity contribution in [2.24, 2.45) is 0 Å². The fourth-order valence-electron chi connectivity index (χ4n) is 1.26. The standard InChI is InChI=1S/C8H15BrN2O2/c1-2-13-8(12)11-5-3-10(7-9)4-6-11/h2-7H2,1H3. The van der Waals surface area contributed by atoms with Crippen LogP contribution in [0.2, 0.25) is 0 Å². The number of nitrogens with zero attached hydrogens (tertiary/aromatic N) is 2. The summed E-state index contributed by atoms with van der Waals surface area (Å²) in [7, 11) is 0. The van der Waals surface area contributed by atoms with Crippen molar-refractivity contribution in [2.45, 2.75) is 6.92 Å². The molecule has 1 rings (SSSR count). The van der Waals surface area contributed by atoms with Gasteiger partial charge in [-0.05, 0) is 6.92 Å². The van der Waals surface area contributed by atoms with Crippen LogP contribution in [0.4, 0.5) is 4.79 Å². The molecule has 0 N–H and O–H groups in total. The minimum absolute atomic E-state index is 0.184. The third-order valence-electron chi connectivity index (χ3n) is 2.07. The Balaban J connectivity index is 2.28. The van der Waals surface area contributed by atoms with Gasteiger partial charge in [0.05, 0.1) is 12.1 Å². The number of amides is 1. The number of piperazine rings is 1. The molecule has 76 valence electrons. The Morgan fingerprint density at radius 2 is 2.00 bits per heavy atom. The lowest BCUT2D eigenvalue weighted by Gasteiger charge is -2.32. The number of carbonyl (C=O) groups excluding carboxylic acids is 1. The van der Waals surface area contributed by atoms with Gasteiger partial charge in [-0.15, -0.1) is 0 Å². The third kappa shape index (κ3) is 3.15. The molecule has 1 saturated heterocycles. The summed E-state index contributed by atoms with van der Waals surface area (Å²) in [5.41, 5.74) is 0.879. The topological polar surface area (TPSA) is 32.8 Å². The molecule has 1 aliphatic rings. The Labute approximate surface area is 87.0 Å².